The molecule has 1 saturated heterocycles. The summed E-state index contributed by atoms with van der Waals surface area (Å²) in [5.74, 6) is 0.341. The molecule has 0 atom stereocenters. The third-order valence-corrected chi connectivity index (χ3v) is 6.33. The van der Waals surface area contributed by atoms with Gasteiger partial charge in [-0.2, -0.15) is 5.26 Å². The predicted octanol–water partition coefficient (Wildman–Crippen LogP) is 2.53. The first-order chi connectivity index (χ1) is 11.7. The Kier molecular flexibility index (Phi) is 5.88. The molecule has 0 aromatic carbocycles. The van der Waals surface area contributed by atoms with Crippen LogP contribution in [-0.2, 0) is 17.6 Å². The highest BCUT2D eigenvalue weighted by atomic mass is 32.1. The summed E-state index contributed by atoms with van der Waals surface area (Å²) in [4.78, 5) is 15.8. The van der Waals surface area contributed by atoms with Crippen LogP contribution in [0.3, 0.4) is 0 Å². The van der Waals surface area contributed by atoms with E-state index < -0.39 is 0 Å². The van der Waals surface area contributed by atoms with Gasteiger partial charge in [0.15, 0.2) is 0 Å². The maximum Gasteiger partial charge on any atom is 0.239 e. The van der Waals surface area contributed by atoms with Crippen LogP contribution in [0.4, 0.5) is 5.00 Å². The number of nitrogens with one attached hydrogen (secondary N) is 1. The van der Waals surface area contributed by atoms with Gasteiger partial charge in [-0.05, 0) is 63.1 Å². The maximum absolute atomic E-state index is 12.4. The molecule has 6 heteroatoms. The van der Waals surface area contributed by atoms with Gasteiger partial charge in [-0.15, -0.1) is 11.3 Å². The number of hydrogen-bond donors (Lipinski definition) is 2. The van der Waals surface area contributed by atoms with E-state index >= 15 is 0 Å². The molecule has 1 aromatic rings. The van der Waals surface area contributed by atoms with Crippen molar-refractivity contribution in [2.24, 2.45) is 5.92 Å². The van der Waals surface area contributed by atoms with E-state index in [0.29, 0.717) is 18.0 Å². The molecule has 0 radical (unpaired) electrons. The number of likely N-dealkylation sites (tertiary alicyclic amines) is 1. The summed E-state index contributed by atoms with van der Waals surface area (Å²) in [6, 6.07) is 2.31. The van der Waals surface area contributed by atoms with E-state index in [4.69, 9.17) is 0 Å². The van der Waals surface area contributed by atoms with E-state index in [2.05, 4.69) is 16.3 Å². The Morgan fingerprint density at radius 3 is 2.75 bits per heavy atom. The van der Waals surface area contributed by atoms with Crippen molar-refractivity contribution in [3.63, 3.8) is 0 Å². The number of amides is 1. The van der Waals surface area contributed by atoms with Gasteiger partial charge in [0.1, 0.15) is 11.1 Å². The molecule has 1 aromatic heterocycles. The number of thiophene rings is 1. The van der Waals surface area contributed by atoms with Crippen LogP contribution in [0.2, 0.25) is 0 Å². The molecule has 2 aliphatic rings. The van der Waals surface area contributed by atoms with E-state index in [1.807, 2.05) is 0 Å². The van der Waals surface area contributed by atoms with Crippen molar-refractivity contribution < 1.29 is 9.90 Å². The lowest BCUT2D eigenvalue weighted by Gasteiger charge is -2.30. The molecular formula is C18H25N3O2S. The molecule has 3 rings (SSSR count). The predicted molar refractivity (Wildman–Crippen MR) is 95.2 cm³/mol. The summed E-state index contributed by atoms with van der Waals surface area (Å²) in [5.41, 5.74) is 1.85. The summed E-state index contributed by atoms with van der Waals surface area (Å²) < 4.78 is 0. The first-order valence-electron chi connectivity index (χ1n) is 8.89. The zero-order chi connectivity index (χ0) is 16.9. The number of rotatable bonds is 4. The molecule has 0 spiro atoms. The number of aliphatic hydroxyl groups excluding tert-OH is 1. The highest BCUT2D eigenvalue weighted by Crippen LogP contribution is 2.36. The number of aryl methyl sites for hydroxylation is 1. The minimum atomic E-state index is -0.0367. The summed E-state index contributed by atoms with van der Waals surface area (Å²) in [6.45, 7) is 2.31. The van der Waals surface area contributed by atoms with Gasteiger partial charge >= 0.3 is 0 Å². The molecule has 1 aliphatic carbocycles. The molecule has 24 heavy (non-hydrogen) atoms. The van der Waals surface area contributed by atoms with Crippen LogP contribution in [0, 0.1) is 17.2 Å². The Labute approximate surface area is 147 Å². The summed E-state index contributed by atoms with van der Waals surface area (Å²) >= 11 is 1.59. The topological polar surface area (TPSA) is 76.4 Å². The van der Waals surface area contributed by atoms with Crippen molar-refractivity contribution in [3.8, 4) is 6.07 Å². The van der Waals surface area contributed by atoms with Gasteiger partial charge in [0.2, 0.25) is 5.91 Å². The quantitative estimate of drug-likeness (QED) is 0.821. The second-order valence-electron chi connectivity index (χ2n) is 6.83. The maximum atomic E-state index is 12.4. The van der Waals surface area contributed by atoms with Gasteiger partial charge in [-0.1, -0.05) is 6.42 Å². The smallest absolute Gasteiger partial charge is 0.239 e. The average molecular weight is 347 g/mol. The summed E-state index contributed by atoms with van der Waals surface area (Å²) in [7, 11) is 0. The third kappa shape index (κ3) is 3.97. The van der Waals surface area contributed by atoms with Gasteiger partial charge < -0.3 is 10.4 Å². The molecule has 2 heterocycles. The lowest BCUT2D eigenvalue weighted by molar-refractivity contribution is -0.117. The first kappa shape index (κ1) is 17.4. The van der Waals surface area contributed by atoms with Crippen molar-refractivity contribution in [3.05, 3.63) is 16.0 Å². The largest absolute Gasteiger partial charge is 0.396 e. The monoisotopic (exact) mass is 347 g/mol. The Bertz CT molecular complexity index is 627. The molecule has 0 bridgehead atoms. The van der Waals surface area contributed by atoms with E-state index in [9.17, 15) is 15.2 Å². The second-order valence-corrected chi connectivity index (χ2v) is 7.94. The molecule has 0 unspecified atom stereocenters. The van der Waals surface area contributed by atoms with Gasteiger partial charge in [-0.3, -0.25) is 9.69 Å². The second kappa shape index (κ2) is 8.11. The molecule has 5 nitrogen and oxygen atoms in total. The average Bonchev–Trinajstić information content (AvgIpc) is 2.75. The molecule has 130 valence electrons. The molecule has 1 fully saturated rings. The summed E-state index contributed by atoms with van der Waals surface area (Å²) in [6.07, 6.45) is 7.40. The number of carbonyl (C=O) groups is 1. The number of hydrogen-bond acceptors (Lipinski definition) is 5. The number of carbonyl (C=O) groups excluding carboxylic acids is 1. The molecule has 1 aliphatic heterocycles. The lowest BCUT2D eigenvalue weighted by Crippen LogP contribution is -2.39. The minimum Gasteiger partial charge on any atom is -0.396 e. The van der Waals surface area contributed by atoms with E-state index in [1.54, 1.807) is 11.3 Å². The van der Waals surface area contributed by atoms with Gasteiger partial charge in [0, 0.05) is 11.5 Å². The molecule has 0 saturated carbocycles. The van der Waals surface area contributed by atoms with Crippen LogP contribution in [0.15, 0.2) is 0 Å². The van der Waals surface area contributed by atoms with Crippen LogP contribution in [0.1, 0.15) is 48.1 Å². The molecule has 1 amide bonds. The van der Waals surface area contributed by atoms with Crippen LogP contribution in [0.5, 0.6) is 0 Å². The zero-order valence-electron chi connectivity index (χ0n) is 14.0. The Morgan fingerprint density at radius 1 is 1.29 bits per heavy atom. The number of fused-ring (bicyclic) bond motifs is 1. The number of aliphatic hydroxyl groups is 1. The van der Waals surface area contributed by atoms with Crippen LogP contribution < -0.4 is 5.32 Å². The zero-order valence-corrected chi connectivity index (χ0v) is 14.8. The number of piperidine rings is 1. The fourth-order valence-electron chi connectivity index (χ4n) is 3.65. The molecule has 2 N–H and O–H groups in total. The minimum absolute atomic E-state index is 0.0367. The Balaban J connectivity index is 1.62. The van der Waals surface area contributed by atoms with E-state index in [1.165, 1.54) is 23.3 Å². The van der Waals surface area contributed by atoms with Crippen LogP contribution in [-0.4, -0.2) is 42.2 Å². The fraction of sp³-hybridized carbons (Fsp3) is 0.667. The summed E-state index contributed by atoms with van der Waals surface area (Å²) in [5, 5.41) is 22.4. The highest BCUT2D eigenvalue weighted by Gasteiger charge is 2.23. The number of nitrogens with zero attached hydrogens (tertiary/aromatic N) is 2. The van der Waals surface area contributed by atoms with Crippen LogP contribution >= 0.6 is 11.3 Å². The lowest BCUT2D eigenvalue weighted by atomic mass is 9.98. The van der Waals surface area contributed by atoms with E-state index in [0.717, 1.165) is 50.2 Å². The fourth-order valence-corrected chi connectivity index (χ4v) is 4.90. The van der Waals surface area contributed by atoms with Crippen molar-refractivity contribution in [2.75, 3.05) is 31.6 Å². The standard InChI is InChI=1S/C18H25N3O2S/c19-10-15-14-4-2-1-3-5-16(14)24-18(15)20-17(23)11-21-8-6-13(12-22)7-9-21/h13,22H,1-9,11-12H2,(H,20,23). The van der Waals surface area contributed by atoms with Gasteiger partial charge in [-0.25, -0.2) is 0 Å². The third-order valence-electron chi connectivity index (χ3n) is 5.12. The molecular weight excluding hydrogens is 322 g/mol. The highest BCUT2D eigenvalue weighted by molar-refractivity contribution is 7.16. The van der Waals surface area contributed by atoms with Crippen molar-refractivity contribution in [1.82, 2.24) is 4.90 Å². The normalized spacial score (nSPS) is 19.3. The van der Waals surface area contributed by atoms with Gasteiger partial charge in [0.05, 0.1) is 12.1 Å². The number of anilines is 1. The van der Waals surface area contributed by atoms with Crippen LogP contribution in [0.25, 0.3) is 0 Å². The van der Waals surface area contributed by atoms with Gasteiger partial charge in [0.25, 0.3) is 0 Å². The van der Waals surface area contributed by atoms with Crippen molar-refractivity contribution >= 4 is 22.2 Å². The Morgan fingerprint density at radius 2 is 2.04 bits per heavy atom. The van der Waals surface area contributed by atoms with E-state index in [-0.39, 0.29) is 12.5 Å². The van der Waals surface area contributed by atoms with Crippen molar-refractivity contribution in [2.45, 2.75) is 44.9 Å². The van der Waals surface area contributed by atoms with Crippen molar-refractivity contribution in [1.29, 1.82) is 5.26 Å². The number of nitriles is 1. The Hall–Kier alpha value is -1.42. The first-order valence-corrected chi connectivity index (χ1v) is 9.70. The SMILES string of the molecule is N#Cc1c(NC(=O)CN2CCC(CO)CC2)sc2c1CCCCC2.